The number of hydrogen-bond donors (Lipinski definition) is 3. The fraction of sp³-hybridized carbons (Fsp3) is 0.427. The molecule has 3 fully saturated rings. The summed E-state index contributed by atoms with van der Waals surface area (Å²) in [5.41, 5.74) is 9.39. The number of methoxy groups -OCH3 is 1. The Morgan fingerprint density at radius 2 is 1.60 bits per heavy atom. The molecule has 444 valence electrons. The Labute approximate surface area is 503 Å². The highest BCUT2D eigenvalue weighted by Crippen LogP contribution is 2.63. The maximum atomic E-state index is 15.9. The molecular weight excluding hydrogens is 1080 g/mol. The van der Waals surface area contributed by atoms with E-state index in [2.05, 4.69) is 134 Å². The van der Waals surface area contributed by atoms with Crippen LogP contribution in [0.3, 0.4) is 0 Å². The zero-order valence-electron chi connectivity index (χ0n) is 49.3. The molecule has 11 nitrogen and oxygen atoms in total. The van der Waals surface area contributed by atoms with E-state index in [0.717, 1.165) is 43.2 Å². The van der Waals surface area contributed by atoms with Crippen molar-refractivity contribution in [1.29, 1.82) is 0 Å². The van der Waals surface area contributed by atoms with E-state index in [1.165, 1.54) is 53.3 Å². The lowest BCUT2D eigenvalue weighted by atomic mass is 9.56. The Kier molecular flexibility index (Phi) is 15.3. The highest BCUT2D eigenvalue weighted by atomic mass is 16.6. The van der Waals surface area contributed by atoms with Gasteiger partial charge in [0.15, 0.2) is 17.8 Å². The molecule has 3 aliphatic heterocycles. The first-order valence-electron chi connectivity index (χ1n) is 31.7. The van der Waals surface area contributed by atoms with Crippen LogP contribution in [0.5, 0.6) is 5.75 Å². The number of aliphatic hydroxyl groups excluding tert-OH is 3. The van der Waals surface area contributed by atoms with Crippen molar-refractivity contribution in [3.63, 3.8) is 0 Å². The van der Waals surface area contributed by atoms with Gasteiger partial charge in [0, 0.05) is 60.3 Å². The Morgan fingerprint density at radius 3 is 2.43 bits per heavy atom. The molecule has 3 N–H and O–H groups in total. The smallest absolute Gasteiger partial charge is 0.340 e. The molecule has 86 heavy (non-hydrogen) atoms. The van der Waals surface area contributed by atoms with Gasteiger partial charge in [0.05, 0.1) is 25.4 Å². The minimum atomic E-state index is -1.37. The first-order chi connectivity index (χ1) is 42.0. The maximum Gasteiger partial charge on any atom is 0.340 e. The standard InChI is InChI=1S/C75H78O11/c1-44(41-77)55-28-21-45-19-22-47(23-20-45)56-29-26-50(49-13-9-15-54(38-49)74-34-8-7-14-53(74)27-24-48-12-4-6-18-63(48)74)37-52(56)39-66(79)83-70-68-65(32-31-60-62(42-78)67(73(81)84-69(60)68)51(33-36-76)43-82-2)86-75(71(70)85-72(55)80)35-10-17-59-58-30-25-46-11-3-5-16-57(46)61(58)40-64(59)75/h3-6,9-13,15-20,22-25,27,30-32,38,50-53,56,58-59,61,64,70-71,76-78H,7-8,14,21,26,28-29,33-37,39-43H2,1-2H3/b55-44-/t50-,51-,52-,53-,56+,58-,59+,61+,64-,70-,71+,74+,75+/m1/s1. The number of fused-ring (bicyclic) bond motifs is 20. The van der Waals surface area contributed by atoms with Gasteiger partial charge < -0.3 is 38.7 Å². The van der Waals surface area contributed by atoms with Crippen molar-refractivity contribution in [3.05, 3.63) is 216 Å². The number of carbonyl (C=O) groups is 2. The second-order valence-corrected chi connectivity index (χ2v) is 26.1. The quantitative estimate of drug-likeness (QED) is 0.0547. The predicted molar refractivity (Wildman–Crippen MR) is 331 cm³/mol. The van der Waals surface area contributed by atoms with Gasteiger partial charge >= 0.3 is 17.6 Å². The molecule has 1 spiro atoms. The highest BCUT2D eigenvalue weighted by molar-refractivity contribution is 5.91. The molecule has 9 aliphatic rings. The van der Waals surface area contributed by atoms with Crippen molar-refractivity contribution in [2.75, 3.05) is 26.9 Å². The SMILES string of the molecule is COC[C@@H](CCO)c1c(CO)c2ccc3c(c2oc1=O)[C@H]1OC(=O)C[C@H]2C[C@H](c4cccc([C@]56CCCC[C@@H]5C=Cc5ccccc56)c4)CC[C@H]2c2ccc(cc2)CC/C(=C(\C)CO)C(=O)O[C@@H]1[C@@]1(CC=C[C@H]2[C@H]4C=Cc5ccccc5[C@@H]4C[C@H]21)O3. The van der Waals surface area contributed by atoms with Crippen LogP contribution >= 0.6 is 0 Å². The summed E-state index contributed by atoms with van der Waals surface area (Å²) >= 11 is 0. The van der Waals surface area contributed by atoms with E-state index >= 15 is 9.59 Å². The van der Waals surface area contributed by atoms with Gasteiger partial charge in [-0.2, -0.15) is 0 Å². The van der Waals surface area contributed by atoms with Crippen LogP contribution in [0.4, 0.5) is 0 Å². The molecule has 3 saturated carbocycles. The van der Waals surface area contributed by atoms with Crippen LogP contribution in [0, 0.1) is 29.6 Å². The Morgan fingerprint density at radius 1 is 0.779 bits per heavy atom. The van der Waals surface area contributed by atoms with Gasteiger partial charge in [-0.25, -0.2) is 9.59 Å². The molecule has 1 aromatic heterocycles. The predicted octanol–water partition coefficient (Wildman–Crippen LogP) is 13.6. The molecular formula is C75H78O11. The van der Waals surface area contributed by atoms with Crippen LogP contribution < -0.4 is 10.4 Å². The third kappa shape index (κ3) is 9.49. The Balaban J connectivity index is 0.912. The summed E-state index contributed by atoms with van der Waals surface area (Å²) in [7, 11) is 1.52. The van der Waals surface area contributed by atoms with Crippen LogP contribution in [-0.4, -0.2) is 65.9 Å². The van der Waals surface area contributed by atoms with E-state index in [1.54, 1.807) is 13.0 Å². The topological polar surface area (TPSA) is 162 Å². The molecule has 13 atom stereocenters. The van der Waals surface area contributed by atoms with Gasteiger partial charge in [0.1, 0.15) is 11.3 Å². The zero-order chi connectivity index (χ0) is 58.8. The van der Waals surface area contributed by atoms with E-state index in [9.17, 15) is 20.1 Å². The molecule has 6 aliphatic carbocycles. The van der Waals surface area contributed by atoms with Crippen LogP contribution in [0.1, 0.15) is 175 Å². The second kappa shape index (κ2) is 23.2. The van der Waals surface area contributed by atoms with Crippen molar-refractivity contribution in [2.24, 2.45) is 29.6 Å². The second-order valence-electron chi connectivity index (χ2n) is 26.1. The van der Waals surface area contributed by atoms with Gasteiger partial charge in [-0.1, -0.05) is 146 Å². The molecule has 0 amide bonds. The summed E-state index contributed by atoms with van der Waals surface area (Å²) in [6.45, 7) is 0.685. The number of benzene rings is 5. The average molecular weight is 1160 g/mol. The summed E-state index contributed by atoms with van der Waals surface area (Å²) in [6, 6.07) is 39.1. The normalized spacial score (nSPS) is 30.8. The van der Waals surface area contributed by atoms with Crippen molar-refractivity contribution < 1.29 is 48.3 Å². The van der Waals surface area contributed by atoms with Gasteiger partial charge in [-0.05, 0) is 174 Å². The minimum absolute atomic E-state index is 0.0278. The molecule has 0 unspecified atom stereocenters. The number of esters is 2. The maximum absolute atomic E-state index is 15.9. The minimum Gasteiger partial charge on any atom is -0.482 e. The molecule has 5 aromatic carbocycles. The van der Waals surface area contributed by atoms with E-state index in [1.807, 2.05) is 6.07 Å². The zero-order valence-corrected chi connectivity index (χ0v) is 49.3. The molecule has 4 heterocycles. The number of aryl methyl sites for hydroxylation is 1. The molecule has 6 aromatic rings. The summed E-state index contributed by atoms with van der Waals surface area (Å²) in [5, 5.41) is 32.7. The number of hydrogen-bond acceptors (Lipinski definition) is 11. The van der Waals surface area contributed by atoms with Crippen molar-refractivity contribution in [3.8, 4) is 5.75 Å². The molecule has 0 saturated heterocycles. The number of allylic oxidation sites excluding steroid dienone is 3. The summed E-state index contributed by atoms with van der Waals surface area (Å²) in [6.07, 6.45) is 20.2. The van der Waals surface area contributed by atoms with E-state index in [4.69, 9.17) is 23.4 Å². The highest BCUT2D eigenvalue weighted by Gasteiger charge is 2.64. The van der Waals surface area contributed by atoms with E-state index in [-0.39, 0.29) is 103 Å². The number of carbonyl (C=O) groups excluding carboxylic acids is 2. The summed E-state index contributed by atoms with van der Waals surface area (Å²) < 4.78 is 34.0. The molecule has 2 bridgehead atoms. The number of ether oxygens (including phenoxy) is 4. The van der Waals surface area contributed by atoms with Crippen LogP contribution in [0.15, 0.2) is 154 Å². The first-order valence-corrected chi connectivity index (χ1v) is 31.7. The van der Waals surface area contributed by atoms with Gasteiger partial charge in [0.2, 0.25) is 0 Å². The third-order valence-electron chi connectivity index (χ3n) is 21.9. The third-order valence-corrected chi connectivity index (χ3v) is 21.9. The fourth-order valence-electron chi connectivity index (χ4n) is 17.9. The van der Waals surface area contributed by atoms with Gasteiger partial charge in [-0.3, -0.25) is 4.79 Å². The molecule has 11 heteroatoms. The van der Waals surface area contributed by atoms with Crippen molar-refractivity contribution in [2.45, 2.75) is 144 Å². The lowest BCUT2D eigenvalue weighted by Crippen LogP contribution is -2.61. The lowest BCUT2D eigenvalue weighted by molar-refractivity contribution is -0.205. The number of aliphatic hydroxyl groups is 3. The van der Waals surface area contributed by atoms with Crippen molar-refractivity contribution in [1.82, 2.24) is 0 Å². The van der Waals surface area contributed by atoms with Crippen LogP contribution in [-0.2, 0) is 42.2 Å². The van der Waals surface area contributed by atoms with E-state index in [0.29, 0.717) is 53.0 Å². The van der Waals surface area contributed by atoms with E-state index < -0.39 is 47.9 Å². The van der Waals surface area contributed by atoms with Gasteiger partial charge in [-0.15, -0.1) is 0 Å². The fourth-order valence-corrected chi connectivity index (χ4v) is 17.9. The molecule has 0 radical (unpaired) electrons. The van der Waals surface area contributed by atoms with Crippen LogP contribution in [0.25, 0.3) is 23.1 Å². The summed E-state index contributed by atoms with van der Waals surface area (Å²) in [5.74, 6) is -1.05. The largest absolute Gasteiger partial charge is 0.482 e. The lowest BCUT2D eigenvalue weighted by Gasteiger charge is -2.52. The van der Waals surface area contributed by atoms with Crippen LogP contribution in [0.2, 0.25) is 0 Å². The first kappa shape index (κ1) is 56.6. The van der Waals surface area contributed by atoms with Gasteiger partial charge in [0.25, 0.3) is 0 Å². The molecule has 15 rings (SSSR count). The van der Waals surface area contributed by atoms with Crippen molar-refractivity contribution >= 4 is 35.1 Å². The summed E-state index contributed by atoms with van der Waals surface area (Å²) in [4.78, 5) is 46.2. The Hall–Kier alpha value is -7.15. The average Bonchev–Trinajstić information content (AvgIpc) is 1.32. The number of rotatable bonds is 9. The monoisotopic (exact) mass is 1150 g/mol. The Bertz CT molecular complexity index is 3780.